The van der Waals surface area contributed by atoms with Gasteiger partial charge in [-0.2, -0.15) is 0 Å². The van der Waals surface area contributed by atoms with Crippen LogP contribution in [0.15, 0.2) is 24.3 Å². The van der Waals surface area contributed by atoms with Crippen molar-refractivity contribution in [2.45, 2.75) is 12.8 Å². The highest BCUT2D eigenvalue weighted by molar-refractivity contribution is 5.92. The Morgan fingerprint density at radius 3 is 2.73 bits per heavy atom. The van der Waals surface area contributed by atoms with Gasteiger partial charge in [-0.1, -0.05) is 12.1 Å². The van der Waals surface area contributed by atoms with E-state index in [4.69, 9.17) is 5.73 Å². The van der Waals surface area contributed by atoms with Crippen LogP contribution < -0.4 is 11.1 Å². The van der Waals surface area contributed by atoms with Crippen LogP contribution in [0.5, 0.6) is 0 Å². The van der Waals surface area contributed by atoms with Crippen LogP contribution >= 0.6 is 0 Å². The van der Waals surface area contributed by atoms with Gasteiger partial charge >= 0.3 is 0 Å². The maximum Gasteiger partial charge on any atom is 0.248 e. The van der Waals surface area contributed by atoms with Crippen molar-refractivity contribution in [3.63, 3.8) is 0 Å². The average Bonchev–Trinajstić information content (AvgIpc) is 2.26. The molecule has 2 amide bonds. The number of carbonyl (C=O) groups is 2. The molecule has 0 saturated heterocycles. The monoisotopic (exact) mass is 206 g/mol. The third-order valence-corrected chi connectivity index (χ3v) is 2.13. The summed E-state index contributed by atoms with van der Waals surface area (Å²) >= 11 is 0. The minimum Gasteiger partial charge on any atom is -0.366 e. The van der Waals surface area contributed by atoms with Gasteiger partial charge in [0.05, 0.1) is 0 Å². The Labute approximate surface area is 88.5 Å². The third-order valence-electron chi connectivity index (χ3n) is 2.13. The van der Waals surface area contributed by atoms with Gasteiger partial charge < -0.3 is 11.1 Å². The molecule has 0 fully saturated rings. The van der Waals surface area contributed by atoms with Crippen molar-refractivity contribution in [1.29, 1.82) is 0 Å². The van der Waals surface area contributed by atoms with E-state index in [-0.39, 0.29) is 5.91 Å². The van der Waals surface area contributed by atoms with Gasteiger partial charge in [0, 0.05) is 19.0 Å². The van der Waals surface area contributed by atoms with Crippen molar-refractivity contribution in [2.75, 3.05) is 7.05 Å². The number of hydrogen-bond donors (Lipinski definition) is 2. The number of nitrogens with one attached hydrogen (secondary N) is 1. The molecule has 1 aromatic rings. The number of hydrogen-bond acceptors (Lipinski definition) is 2. The second-order valence-electron chi connectivity index (χ2n) is 3.24. The van der Waals surface area contributed by atoms with Crippen molar-refractivity contribution < 1.29 is 9.59 Å². The minimum atomic E-state index is -0.447. The minimum absolute atomic E-state index is 0.0144. The van der Waals surface area contributed by atoms with Crippen LogP contribution in [0.25, 0.3) is 0 Å². The Bertz CT molecular complexity index is 375. The molecule has 1 aromatic carbocycles. The number of benzene rings is 1. The van der Waals surface area contributed by atoms with Gasteiger partial charge in [0.2, 0.25) is 11.8 Å². The summed E-state index contributed by atoms with van der Waals surface area (Å²) in [6, 6.07) is 7.01. The molecule has 0 unspecified atom stereocenters. The number of primary amides is 1. The molecule has 0 aromatic heterocycles. The van der Waals surface area contributed by atoms with E-state index in [0.717, 1.165) is 5.56 Å². The molecule has 0 heterocycles. The Balaban J connectivity index is 2.66. The Morgan fingerprint density at radius 2 is 2.13 bits per heavy atom. The number of amides is 2. The summed E-state index contributed by atoms with van der Waals surface area (Å²) in [6.45, 7) is 0. The van der Waals surface area contributed by atoms with E-state index in [2.05, 4.69) is 5.32 Å². The molecule has 15 heavy (non-hydrogen) atoms. The summed E-state index contributed by atoms with van der Waals surface area (Å²) in [4.78, 5) is 21.9. The molecule has 80 valence electrons. The molecule has 0 radical (unpaired) electrons. The maximum absolute atomic E-state index is 11.0. The normalized spacial score (nSPS) is 9.67. The van der Waals surface area contributed by atoms with Crippen molar-refractivity contribution in [3.05, 3.63) is 35.4 Å². The topological polar surface area (TPSA) is 72.2 Å². The second kappa shape index (κ2) is 5.14. The van der Waals surface area contributed by atoms with Crippen LogP contribution in [0.2, 0.25) is 0 Å². The van der Waals surface area contributed by atoms with Gasteiger partial charge in [0.25, 0.3) is 0 Å². The van der Waals surface area contributed by atoms with E-state index in [1.54, 1.807) is 25.2 Å². The lowest BCUT2D eigenvalue weighted by molar-refractivity contribution is -0.120. The van der Waals surface area contributed by atoms with Crippen LogP contribution in [0.4, 0.5) is 0 Å². The highest BCUT2D eigenvalue weighted by Gasteiger charge is 2.03. The van der Waals surface area contributed by atoms with Crippen LogP contribution in [0.3, 0.4) is 0 Å². The first-order valence-electron chi connectivity index (χ1n) is 4.73. The van der Waals surface area contributed by atoms with E-state index in [1.807, 2.05) is 6.07 Å². The molecule has 0 aliphatic heterocycles. The molecule has 0 aliphatic rings. The fourth-order valence-electron chi connectivity index (χ4n) is 1.26. The predicted octanol–water partition coefficient (Wildman–Crippen LogP) is 0.464. The quantitative estimate of drug-likeness (QED) is 0.751. The van der Waals surface area contributed by atoms with Gasteiger partial charge in [0.15, 0.2) is 0 Å². The smallest absolute Gasteiger partial charge is 0.248 e. The number of rotatable bonds is 4. The molecule has 0 bridgehead atoms. The summed E-state index contributed by atoms with van der Waals surface area (Å²) < 4.78 is 0. The average molecular weight is 206 g/mol. The lowest BCUT2D eigenvalue weighted by Gasteiger charge is -2.02. The number of aryl methyl sites for hydroxylation is 1. The summed E-state index contributed by atoms with van der Waals surface area (Å²) in [7, 11) is 1.60. The zero-order valence-corrected chi connectivity index (χ0v) is 8.62. The molecule has 1 rings (SSSR count). The maximum atomic E-state index is 11.0. The molecule has 0 aliphatic carbocycles. The standard InChI is InChI=1S/C11H14N2O2/c1-13-10(14)6-5-8-3-2-4-9(7-8)11(12)15/h2-4,7H,5-6H2,1H3,(H2,12,15)(H,13,14). The van der Waals surface area contributed by atoms with Gasteiger partial charge in [-0.05, 0) is 24.1 Å². The SMILES string of the molecule is CNC(=O)CCc1cccc(C(N)=O)c1. The van der Waals surface area contributed by atoms with Gasteiger partial charge in [0.1, 0.15) is 0 Å². The number of nitrogens with two attached hydrogens (primary N) is 1. The fourth-order valence-corrected chi connectivity index (χ4v) is 1.26. The Kier molecular flexibility index (Phi) is 3.85. The highest BCUT2D eigenvalue weighted by atomic mass is 16.1. The fraction of sp³-hybridized carbons (Fsp3) is 0.273. The molecule has 3 N–H and O–H groups in total. The van der Waals surface area contributed by atoms with Crippen molar-refractivity contribution in [3.8, 4) is 0 Å². The van der Waals surface area contributed by atoms with E-state index in [1.165, 1.54) is 0 Å². The van der Waals surface area contributed by atoms with E-state index in [9.17, 15) is 9.59 Å². The zero-order valence-electron chi connectivity index (χ0n) is 8.62. The van der Waals surface area contributed by atoms with Crippen molar-refractivity contribution in [2.24, 2.45) is 5.73 Å². The van der Waals surface area contributed by atoms with E-state index < -0.39 is 5.91 Å². The van der Waals surface area contributed by atoms with Crippen molar-refractivity contribution >= 4 is 11.8 Å². The van der Waals surface area contributed by atoms with Crippen LogP contribution in [-0.2, 0) is 11.2 Å². The molecule has 4 heteroatoms. The first kappa shape index (κ1) is 11.2. The third kappa shape index (κ3) is 3.42. The van der Waals surface area contributed by atoms with Crippen LogP contribution in [-0.4, -0.2) is 18.9 Å². The largest absolute Gasteiger partial charge is 0.366 e. The van der Waals surface area contributed by atoms with E-state index >= 15 is 0 Å². The molecular formula is C11H14N2O2. The summed E-state index contributed by atoms with van der Waals surface area (Å²) in [5.41, 5.74) is 6.56. The lowest BCUT2D eigenvalue weighted by atomic mass is 10.1. The second-order valence-corrected chi connectivity index (χ2v) is 3.24. The molecular weight excluding hydrogens is 192 g/mol. The molecule has 0 atom stereocenters. The molecule has 0 saturated carbocycles. The highest BCUT2D eigenvalue weighted by Crippen LogP contribution is 2.07. The predicted molar refractivity (Wildman–Crippen MR) is 57.3 cm³/mol. The molecule has 0 spiro atoms. The van der Waals surface area contributed by atoms with E-state index in [0.29, 0.717) is 18.4 Å². The summed E-state index contributed by atoms with van der Waals surface area (Å²) in [5, 5.41) is 2.54. The van der Waals surface area contributed by atoms with Gasteiger partial charge in [-0.15, -0.1) is 0 Å². The van der Waals surface area contributed by atoms with Crippen LogP contribution in [0.1, 0.15) is 22.3 Å². The lowest BCUT2D eigenvalue weighted by Crippen LogP contribution is -2.18. The molecule has 4 nitrogen and oxygen atoms in total. The van der Waals surface area contributed by atoms with Gasteiger partial charge in [-0.25, -0.2) is 0 Å². The summed E-state index contributed by atoms with van der Waals surface area (Å²) in [5.74, 6) is -0.462. The van der Waals surface area contributed by atoms with Gasteiger partial charge in [-0.3, -0.25) is 9.59 Å². The first-order valence-corrected chi connectivity index (χ1v) is 4.73. The Hall–Kier alpha value is -1.84. The first-order chi connectivity index (χ1) is 7.13. The zero-order chi connectivity index (χ0) is 11.3. The van der Waals surface area contributed by atoms with Crippen LogP contribution in [0, 0.1) is 0 Å². The van der Waals surface area contributed by atoms with Crippen molar-refractivity contribution in [1.82, 2.24) is 5.32 Å². The Morgan fingerprint density at radius 1 is 1.40 bits per heavy atom. The number of carbonyl (C=O) groups excluding carboxylic acids is 2. The summed E-state index contributed by atoms with van der Waals surface area (Å²) in [6.07, 6.45) is 1.03.